The number of benzene rings is 1. The third-order valence-electron chi connectivity index (χ3n) is 3.80. The van der Waals surface area contributed by atoms with Gasteiger partial charge in [0.2, 0.25) is 0 Å². The third-order valence-corrected chi connectivity index (χ3v) is 3.80. The Morgan fingerprint density at radius 1 is 1.21 bits per heavy atom. The predicted octanol–water partition coefficient (Wildman–Crippen LogP) is 2.86. The van der Waals surface area contributed by atoms with E-state index < -0.39 is 11.5 Å². The van der Waals surface area contributed by atoms with Crippen LogP contribution in [0.2, 0.25) is 0 Å². The highest BCUT2D eigenvalue weighted by Gasteiger charge is 2.22. The largest absolute Gasteiger partial charge is 0.481 e. The van der Waals surface area contributed by atoms with Gasteiger partial charge in [0.1, 0.15) is 0 Å². The Kier molecular flexibility index (Phi) is 5.07. The molecule has 0 saturated heterocycles. The fraction of sp³-hybridized carbons (Fsp3) is 0.389. The van der Waals surface area contributed by atoms with Crippen LogP contribution in [0.4, 0.5) is 0 Å². The Labute approximate surface area is 141 Å². The summed E-state index contributed by atoms with van der Waals surface area (Å²) in [5.41, 5.74) is 2.81. The molecule has 0 radical (unpaired) electrons. The lowest BCUT2D eigenvalue weighted by molar-refractivity contribution is -0.137. The van der Waals surface area contributed by atoms with Gasteiger partial charge in [-0.3, -0.25) is 9.59 Å². The van der Waals surface area contributed by atoms with Crippen molar-refractivity contribution in [1.82, 2.24) is 15.1 Å². The van der Waals surface area contributed by atoms with Gasteiger partial charge in [-0.2, -0.15) is 5.10 Å². The van der Waals surface area contributed by atoms with Gasteiger partial charge in [-0.05, 0) is 64.4 Å². The lowest BCUT2D eigenvalue weighted by atomic mass is 9.97. The van der Waals surface area contributed by atoms with Gasteiger partial charge in [0, 0.05) is 23.2 Å². The summed E-state index contributed by atoms with van der Waals surface area (Å²) in [6.45, 7) is 7.55. The van der Waals surface area contributed by atoms with Crippen molar-refractivity contribution in [2.75, 3.05) is 0 Å². The second-order valence-corrected chi connectivity index (χ2v) is 6.62. The Bertz CT molecular complexity index is 745. The van der Waals surface area contributed by atoms with E-state index in [2.05, 4.69) is 10.4 Å². The average Bonchev–Trinajstić information content (AvgIpc) is 2.84. The van der Waals surface area contributed by atoms with Crippen molar-refractivity contribution in [3.05, 3.63) is 47.3 Å². The second-order valence-electron chi connectivity index (χ2n) is 6.62. The number of carboxylic acids is 1. The van der Waals surface area contributed by atoms with Gasteiger partial charge in [0.15, 0.2) is 0 Å². The number of nitrogens with one attached hydrogen (secondary N) is 1. The predicted molar refractivity (Wildman–Crippen MR) is 91.5 cm³/mol. The van der Waals surface area contributed by atoms with Crippen molar-refractivity contribution < 1.29 is 14.7 Å². The van der Waals surface area contributed by atoms with Gasteiger partial charge in [-0.15, -0.1) is 0 Å². The molecule has 2 N–H and O–H groups in total. The van der Waals surface area contributed by atoms with Gasteiger partial charge < -0.3 is 10.4 Å². The summed E-state index contributed by atoms with van der Waals surface area (Å²) >= 11 is 0. The van der Waals surface area contributed by atoms with Crippen LogP contribution in [-0.2, 0) is 4.79 Å². The molecule has 0 saturated carbocycles. The first-order chi connectivity index (χ1) is 11.2. The molecular formula is C18H23N3O3. The molecule has 0 bridgehead atoms. The van der Waals surface area contributed by atoms with Crippen molar-refractivity contribution in [3.8, 4) is 5.69 Å². The molecule has 0 aliphatic heterocycles. The number of aromatic nitrogens is 2. The number of aryl methyl sites for hydroxylation is 2. The monoisotopic (exact) mass is 329 g/mol. The van der Waals surface area contributed by atoms with E-state index in [0.717, 1.165) is 17.1 Å². The summed E-state index contributed by atoms with van der Waals surface area (Å²) in [7, 11) is 0. The van der Waals surface area contributed by atoms with E-state index >= 15 is 0 Å². The number of amides is 1. The molecule has 0 spiro atoms. The van der Waals surface area contributed by atoms with Crippen LogP contribution in [0.1, 0.15) is 48.4 Å². The van der Waals surface area contributed by atoms with Gasteiger partial charge in [0.25, 0.3) is 5.91 Å². The maximum atomic E-state index is 12.3. The van der Waals surface area contributed by atoms with Crippen LogP contribution in [-0.4, -0.2) is 32.3 Å². The lowest BCUT2D eigenvalue weighted by Gasteiger charge is -2.25. The Balaban J connectivity index is 2.08. The van der Waals surface area contributed by atoms with Crippen LogP contribution in [0.25, 0.3) is 5.69 Å². The summed E-state index contributed by atoms with van der Waals surface area (Å²) in [6.07, 6.45) is 0.391. The highest BCUT2D eigenvalue weighted by molar-refractivity contribution is 5.94. The van der Waals surface area contributed by atoms with E-state index in [-0.39, 0.29) is 12.3 Å². The fourth-order valence-electron chi connectivity index (χ4n) is 2.51. The SMILES string of the molecule is Cc1cc(C)n(-c2ccc(C(=O)NC(C)(C)CCC(=O)O)cc2)n1. The molecule has 2 rings (SSSR count). The number of hydrogen-bond acceptors (Lipinski definition) is 3. The number of rotatable bonds is 6. The number of carbonyl (C=O) groups is 2. The maximum absolute atomic E-state index is 12.3. The highest BCUT2D eigenvalue weighted by Crippen LogP contribution is 2.15. The van der Waals surface area contributed by atoms with Crippen LogP contribution in [0.5, 0.6) is 0 Å². The summed E-state index contributed by atoms with van der Waals surface area (Å²) < 4.78 is 1.83. The molecule has 0 atom stereocenters. The smallest absolute Gasteiger partial charge is 0.303 e. The van der Waals surface area contributed by atoms with Crippen molar-refractivity contribution in [2.24, 2.45) is 0 Å². The zero-order valence-electron chi connectivity index (χ0n) is 14.5. The molecule has 0 aliphatic carbocycles. The molecule has 6 nitrogen and oxygen atoms in total. The minimum atomic E-state index is -0.869. The van der Waals surface area contributed by atoms with Crippen LogP contribution >= 0.6 is 0 Å². The van der Waals surface area contributed by atoms with Gasteiger partial charge in [-0.25, -0.2) is 4.68 Å². The zero-order chi connectivity index (χ0) is 17.9. The molecule has 1 amide bonds. The van der Waals surface area contributed by atoms with E-state index in [0.29, 0.717) is 12.0 Å². The van der Waals surface area contributed by atoms with Gasteiger partial charge in [0.05, 0.1) is 11.4 Å². The molecule has 1 heterocycles. The summed E-state index contributed by atoms with van der Waals surface area (Å²) in [5.74, 6) is -1.09. The topological polar surface area (TPSA) is 84.2 Å². The first-order valence-corrected chi connectivity index (χ1v) is 7.86. The van der Waals surface area contributed by atoms with Crippen molar-refractivity contribution in [1.29, 1.82) is 0 Å². The Hall–Kier alpha value is -2.63. The van der Waals surface area contributed by atoms with Crippen LogP contribution in [0.3, 0.4) is 0 Å². The van der Waals surface area contributed by atoms with E-state index in [4.69, 9.17) is 5.11 Å². The second kappa shape index (κ2) is 6.86. The average molecular weight is 329 g/mol. The third kappa shape index (κ3) is 4.44. The van der Waals surface area contributed by atoms with Crippen molar-refractivity contribution >= 4 is 11.9 Å². The molecule has 2 aromatic rings. The van der Waals surface area contributed by atoms with Crippen molar-refractivity contribution in [2.45, 2.75) is 46.1 Å². The summed E-state index contributed by atoms with van der Waals surface area (Å²) in [5, 5.41) is 16.1. The van der Waals surface area contributed by atoms with Crippen LogP contribution in [0.15, 0.2) is 30.3 Å². The van der Waals surface area contributed by atoms with Gasteiger partial charge in [-0.1, -0.05) is 0 Å². The number of hydrogen-bond donors (Lipinski definition) is 2. The van der Waals surface area contributed by atoms with Crippen molar-refractivity contribution in [3.63, 3.8) is 0 Å². The Morgan fingerprint density at radius 2 is 1.83 bits per heavy atom. The fourth-order valence-corrected chi connectivity index (χ4v) is 2.51. The minimum Gasteiger partial charge on any atom is -0.481 e. The number of carboxylic acid groups (broad SMARTS) is 1. The van der Waals surface area contributed by atoms with E-state index in [1.807, 2.05) is 50.6 Å². The lowest BCUT2D eigenvalue weighted by Crippen LogP contribution is -2.43. The number of aliphatic carboxylic acids is 1. The normalized spacial score (nSPS) is 11.3. The highest BCUT2D eigenvalue weighted by atomic mass is 16.4. The first kappa shape index (κ1) is 17.7. The van der Waals surface area contributed by atoms with Gasteiger partial charge >= 0.3 is 5.97 Å². The van der Waals surface area contributed by atoms with Crippen LogP contribution < -0.4 is 5.32 Å². The van der Waals surface area contributed by atoms with E-state index in [9.17, 15) is 9.59 Å². The number of nitrogens with zero attached hydrogens (tertiary/aromatic N) is 2. The molecule has 24 heavy (non-hydrogen) atoms. The molecule has 6 heteroatoms. The summed E-state index contributed by atoms with van der Waals surface area (Å²) in [6, 6.07) is 9.17. The quantitative estimate of drug-likeness (QED) is 0.853. The minimum absolute atomic E-state index is 0.0180. The van der Waals surface area contributed by atoms with Crippen LogP contribution in [0, 0.1) is 13.8 Å². The van der Waals surface area contributed by atoms with E-state index in [1.165, 1.54) is 0 Å². The van der Waals surface area contributed by atoms with E-state index in [1.54, 1.807) is 12.1 Å². The maximum Gasteiger partial charge on any atom is 0.303 e. The molecule has 1 aromatic carbocycles. The standard InChI is InChI=1S/C18H23N3O3/c1-12-11-13(2)21(20-12)15-7-5-14(6-8-15)17(24)19-18(3,4)10-9-16(22)23/h5-8,11H,9-10H2,1-4H3,(H,19,24)(H,22,23). The molecule has 0 unspecified atom stereocenters. The number of carbonyl (C=O) groups excluding carboxylic acids is 1. The zero-order valence-corrected chi connectivity index (χ0v) is 14.5. The molecule has 128 valence electrons. The summed E-state index contributed by atoms with van der Waals surface area (Å²) in [4.78, 5) is 23.0. The first-order valence-electron chi connectivity index (χ1n) is 7.86. The molecule has 1 aromatic heterocycles. The molecule has 0 aliphatic rings. The molecular weight excluding hydrogens is 306 g/mol. The molecule has 0 fully saturated rings. The Morgan fingerprint density at radius 3 is 2.33 bits per heavy atom.